The Labute approximate surface area is 149 Å². The molecule has 1 aliphatic heterocycles. The van der Waals surface area contributed by atoms with Gasteiger partial charge in [0.05, 0.1) is 24.4 Å². The topological polar surface area (TPSA) is 87.0 Å². The van der Waals surface area contributed by atoms with Crippen molar-refractivity contribution in [2.24, 2.45) is 22.7 Å². The minimum atomic E-state index is -0.862. The van der Waals surface area contributed by atoms with Gasteiger partial charge in [0.25, 0.3) is 0 Å². The van der Waals surface area contributed by atoms with Crippen molar-refractivity contribution in [3.8, 4) is 0 Å². The molecular weight excluding hydrogens is 320 g/mol. The van der Waals surface area contributed by atoms with E-state index in [4.69, 9.17) is 4.74 Å². The van der Waals surface area contributed by atoms with Gasteiger partial charge in [0.15, 0.2) is 0 Å². The highest BCUT2D eigenvalue weighted by atomic mass is 16.5. The van der Waals surface area contributed by atoms with Crippen molar-refractivity contribution in [2.75, 3.05) is 13.2 Å². The minimum Gasteiger partial charge on any atom is -0.458 e. The van der Waals surface area contributed by atoms with Crippen LogP contribution in [0.15, 0.2) is 23.8 Å². The summed E-state index contributed by atoms with van der Waals surface area (Å²) in [5.74, 6) is -0.232. The number of cyclic esters (lactones) is 1. The zero-order chi connectivity index (χ0) is 18.4. The van der Waals surface area contributed by atoms with E-state index in [1.807, 2.05) is 6.92 Å². The third-order valence-corrected chi connectivity index (χ3v) is 7.26. The number of rotatable bonds is 4. The van der Waals surface area contributed by atoms with E-state index < -0.39 is 23.6 Å². The van der Waals surface area contributed by atoms with Crippen LogP contribution in [-0.4, -0.2) is 46.7 Å². The van der Waals surface area contributed by atoms with Gasteiger partial charge in [0.1, 0.15) is 6.61 Å². The number of carbonyl (C=O) groups is 1. The van der Waals surface area contributed by atoms with Gasteiger partial charge in [-0.05, 0) is 55.4 Å². The number of fused-ring (bicyclic) bond motifs is 1. The molecule has 0 saturated heterocycles. The Morgan fingerprint density at radius 2 is 2.12 bits per heavy atom. The van der Waals surface area contributed by atoms with Crippen LogP contribution in [0.1, 0.15) is 46.0 Å². The van der Waals surface area contributed by atoms with Crippen molar-refractivity contribution in [3.63, 3.8) is 0 Å². The van der Waals surface area contributed by atoms with Crippen LogP contribution in [0, 0.1) is 22.7 Å². The van der Waals surface area contributed by atoms with Crippen LogP contribution in [-0.2, 0) is 9.53 Å². The second-order valence-corrected chi connectivity index (χ2v) is 8.54. The number of allylic oxidation sites excluding steroid dienone is 1. The maximum Gasteiger partial charge on any atom is 0.336 e. The summed E-state index contributed by atoms with van der Waals surface area (Å²) in [6.07, 6.45) is 3.89. The standard InChI is InChI=1S/C20H30O5/c1-12-4-5-16-19(2,8-6-17(23)20(16,3)11-21)14(12)10-15(22)13-7-9-25-18(13)24/h7,14-17,21-23H,1,4-6,8-11H2,2-3H3/t14-,15-,16+,17-,19+,20-/m1/s1. The van der Waals surface area contributed by atoms with Crippen molar-refractivity contribution < 1.29 is 24.9 Å². The number of carbonyl (C=O) groups excluding carboxylic acids is 1. The molecule has 0 aromatic heterocycles. The summed E-state index contributed by atoms with van der Waals surface area (Å²) in [7, 11) is 0. The smallest absolute Gasteiger partial charge is 0.336 e. The van der Waals surface area contributed by atoms with E-state index in [2.05, 4.69) is 13.5 Å². The number of esters is 1. The van der Waals surface area contributed by atoms with E-state index in [1.165, 1.54) is 0 Å². The third kappa shape index (κ3) is 2.86. The first-order valence-corrected chi connectivity index (χ1v) is 9.26. The van der Waals surface area contributed by atoms with Gasteiger partial charge in [-0.2, -0.15) is 0 Å². The molecule has 5 heteroatoms. The van der Waals surface area contributed by atoms with E-state index in [1.54, 1.807) is 6.08 Å². The summed E-state index contributed by atoms with van der Waals surface area (Å²) < 4.78 is 4.92. The van der Waals surface area contributed by atoms with Crippen LogP contribution in [0.25, 0.3) is 0 Å². The zero-order valence-electron chi connectivity index (χ0n) is 15.2. The molecule has 6 atom stereocenters. The van der Waals surface area contributed by atoms with Crippen molar-refractivity contribution >= 4 is 5.97 Å². The van der Waals surface area contributed by atoms with Gasteiger partial charge < -0.3 is 20.1 Å². The van der Waals surface area contributed by atoms with Gasteiger partial charge in [-0.25, -0.2) is 4.79 Å². The van der Waals surface area contributed by atoms with Crippen LogP contribution in [0.4, 0.5) is 0 Å². The molecule has 0 radical (unpaired) electrons. The molecule has 3 rings (SSSR count). The fourth-order valence-electron chi connectivity index (χ4n) is 5.63. The predicted molar refractivity (Wildman–Crippen MR) is 93.6 cm³/mol. The van der Waals surface area contributed by atoms with Crippen LogP contribution >= 0.6 is 0 Å². The van der Waals surface area contributed by atoms with Gasteiger partial charge in [-0.1, -0.05) is 26.0 Å². The summed E-state index contributed by atoms with van der Waals surface area (Å²) in [5.41, 5.74) is 0.749. The van der Waals surface area contributed by atoms with Gasteiger partial charge in [-0.15, -0.1) is 0 Å². The van der Waals surface area contributed by atoms with Crippen LogP contribution in [0.5, 0.6) is 0 Å². The van der Waals surface area contributed by atoms with E-state index in [0.29, 0.717) is 18.4 Å². The summed E-state index contributed by atoms with van der Waals surface area (Å²) in [6, 6.07) is 0. The molecule has 0 bridgehead atoms. The summed E-state index contributed by atoms with van der Waals surface area (Å²) in [4.78, 5) is 11.8. The maximum atomic E-state index is 11.8. The van der Waals surface area contributed by atoms with Crippen LogP contribution in [0.3, 0.4) is 0 Å². The third-order valence-electron chi connectivity index (χ3n) is 7.26. The average Bonchev–Trinajstić information content (AvgIpc) is 3.01. The first-order chi connectivity index (χ1) is 11.7. The van der Waals surface area contributed by atoms with Crippen molar-refractivity contribution in [2.45, 2.75) is 58.2 Å². The number of hydrogen-bond donors (Lipinski definition) is 3. The molecule has 0 spiro atoms. The monoisotopic (exact) mass is 350 g/mol. The Morgan fingerprint density at radius 3 is 2.72 bits per heavy atom. The molecule has 3 aliphatic rings. The molecule has 3 N–H and O–H groups in total. The van der Waals surface area contributed by atoms with Gasteiger partial charge >= 0.3 is 5.97 Å². The van der Waals surface area contributed by atoms with Crippen LogP contribution < -0.4 is 0 Å². The first kappa shape index (κ1) is 18.6. The lowest BCUT2D eigenvalue weighted by molar-refractivity contribution is -0.154. The lowest BCUT2D eigenvalue weighted by atomic mass is 9.46. The second-order valence-electron chi connectivity index (χ2n) is 8.54. The normalized spacial score (nSPS) is 42.6. The van der Waals surface area contributed by atoms with Gasteiger partial charge in [-0.3, -0.25) is 0 Å². The average molecular weight is 350 g/mol. The molecule has 2 aliphatic carbocycles. The second kappa shape index (κ2) is 6.53. The highest BCUT2D eigenvalue weighted by molar-refractivity contribution is 5.91. The Balaban J connectivity index is 1.88. The molecule has 140 valence electrons. The predicted octanol–water partition coefficient (Wildman–Crippen LogP) is 1.96. The number of aliphatic hydroxyl groups excluding tert-OH is 3. The summed E-state index contributed by atoms with van der Waals surface area (Å²) in [6.45, 7) is 8.60. The molecule has 5 nitrogen and oxygen atoms in total. The van der Waals surface area contributed by atoms with E-state index in [-0.39, 0.29) is 30.5 Å². The quantitative estimate of drug-likeness (QED) is 0.533. The van der Waals surface area contributed by atoms with E-state index in [0.717, 1.165) is 24.8 Å². The number of hydrogen-bond acceptors (Lipinski definition) is 5. The van der Waals surface area contributed by atoms with Crippen molar-refractivity contribution in [1.29, 1.82) is 0 Å². The summed E-state index contributed by atoms with van der Waals surface area (Å²) >= 11 is 0. The Kier molecular flexibility index (Phi) is 4.86. The fourth-order valence-corrected chi connectivity index (χ4v) is 5.63. The van der Waals surface area contributed by atoms with Crippen molar-refractivity contribution in [1.82, 2.24) is 0 Å². The Bertz CT molecular complexity index is 597. The SMILES string of the molecule is C=C1CC[C@@H]2[C@@](C)(CO)[C@H](O)CC[C@@]2(C)[C@@H]1C[C@@H](O)C1=CCOC1=O. The lowest BCUT2D eigenvalue weighted by Crippen LogP contribution is -2.57. The van der Waals surface area contributed by atoms with Crippen LogP contribution in [0.2, 0.25) is 0 Å². The highest BCUT2D eigenvalue weighted by Gasteiger charge is 2.57. The molecule has 0 amide bonds. The largest absolute Gasteiger partial charge is 0.458 e. The number of ether oxygens (including phenoxy) is 1. The Hall–Kier alpha value is -1.17. The molecule has 1 heterocycles. The first-order valence-electron chi connectivity index (χ1n) is 9.26. The number of aliphatic hydroxyl groups is 3. The van der Waals surface area contributed by atoms with E-state index >= 15 is 0 Å². The molecule has 25 heavy (non-hydrogen) atoms. The fraction of sp³-hybridized carbons (Fsp3) is 0.750. The van der Waals surface area contributed by atoms with Crippen molar-refractivity contribution in [3.05, 3.63) is 23.8 Å². The molecule has 2 saturated carbocycles. The molecular formula is C20H30O5. The zero-order valence-corrected chi connectivity index (χ0v) is 15.2. The molecule has 2 fully saturated rings. The van der Waals surface area contributed by atoms with Gasteiger partial charge in [0.2, 0.25) is 0 Å². The maximum absolute atomic E-state index is 11.8. The molecule has 0 aromatic carbocycles. The van der Waals surface area contributed by atoms with E-state index in [9.17, 15) is 20.1 Å². The summed E-state index contributed by atoms with van der Waals surface area (Å²) in [5, 5.41) is 31.2. The molecule has 0 aromatic rings. The lowest BCUT2D eigenvalue weighted by Gasteiger charge is -2.60. The minimum absolute atomic E-state index is 0.0480. The van der Waals surface area contributed by atoms with Gasteiger partial charge in [0, 0.05) is 5.41 Å². The molecule has 0 unspecified atom stereocenters. The highest BCUT2D eigenvalue weighted by Crippen LogP contribution is 2.61. The Morgan fingerprint density at radius 1 is 1.40 bits per heavy atom.